The van der Waals surface area contributed by atoms with E-state index < -0.39 is 0 Å². The normalized spacial score (nSPS) is 17.8. The van der Waals surface area contributed by atoms with Gasteiger partial charge in [0.05, 0.1) is 26.9 Å². The zero-order valence-corrected chi connectivity index (χ0v) is 13.5. The van der Waals surface area contributed by atoms with Crippen molar-refractivity contribution in [2.45, 2.75) is 26.3 Å². The number of methoxy groups -OCH3 is 2. The predicted octanol–water partition coefficient (Wildman–Crippen LogP) is 2.82. The van der Waals surface area contributed by atoms with Crippen molar-refractivity contribution in [3.05, 3.63) is 35.6 Å². The van der Waals surface area contributed by atoms with E-state index in [9.17, 15) is 4.79 Å². The average molecular weight is 305 g/mol. The van der Waals surface area contributed by atoms with E-state index in [2.05, 4.69) is 19.2 Å². The van der Waals surface area contributed by atoms with Crippen LogP contribution in [-0.4, -0.2) is 26.7 Å². The molecule has 0 spiro atoms. The monoisotopic (exact) mass is 305 g/mol. The lowest BCUT2D eigenvalue weighted by atomic mass is 9.99. The van der Waals surface area contributed by atoms with Gasteiger partial charge >= 0.3 is 0 Å². The van der Waals surface area contributed by atoms with Crippen LogP contribution in [0.3, 0.4) is 0 Å². The van der Waals surface area contributed by atoms with Crippen LogP contribution in [-0.2, 0) is 9.53 Å². The third-order valence-corrected chi connectivity index (χ3v) is 3.43. The SMILES string of the molecule is COc1ccc(C2CC(OCC(C)C)=CC(=O)N2)cc1OC. The van der Waals surface area contributed by atoms with Crippen LogP contribution in [0.15, 0.2) is 30.0 Å². The summed E-state index contributed by atoms with van der Waals surface area (Å²) in [7, 11) is 3.19. The minimum absolute atomic E-state index is 0.125. The maximum absolute atomic E-state index is 11.9. The molecule has 22 heavy (non-hydrogen) atoms. The molecule has 1 N–H and O–H groups in total. The highest BCUT2D eigenvalue weighted by molar-refractivity contribution is 5.89. The molecule has 5 heteroatoms. The van der Waals surface area contributed by atoms with Crippen LogP contribution in [0.25, 0.3) is 0 Å². The zero-order chi connectivity index (χ0) is 16.1. The minimum atomic E-state index is -0.134. The van der Waals surface area contributed by atoms with Gasteiger partial charge in [0.25, 0.3) is 0 Å². The molecule has 0 aromatic heterocycles. The van der Waals surface area contributed by atoms with E-state index in [0.29, 0.717) is 30.4 Å². The number of carbonyl (C=O) groups is 1. The van der Waals surface area contributed by atoms with Gasteiger partial charge in [-0.2, -0.15) is 0 Å². The fraction of sp³-hybridized carbons (Fsp3) is 0.471. The number of amides is 1. The van der Waals surface area contributed by atoms with Crippen molar-refractivity contribution < 1.29 is 19.0 Å². The number of rotatable bonds is 6. The lowest BCUT2D eigenvalue weighted by molar-refractivity contribution is -0.118. The molecule has 1 aromatic rings. The first-order valence-electron chi connectivity index (χ1n) is 7.39. The molecule has 0 aliphatic carbocycles. The standard InChI is InChI=1S/C17H23NO4/c1-11(2)10-22-13-8-14(18-17(19)9-13)12-5-6-15(20-3)16(7-12)21-4/h5-7,9,11,14H,8,10H2,1-4H3,(H,18,19). The number of ether oxygens (including phenoxy) is 3. The van der Waals surface area contributed by atoms with Gasteiger partial charge in [0.15, 0.2) is 11.5 Å². The van der Waals surface area contributed by atoms with Crippen LogP contribution in [0.2, 0.25) is 0 Å². The van der Waals surface area contributed by atoms with Crippen LogP contribution >= 0.6 is 0 Å². The molecule has 0 bridgehead atoms. The summed E-state index contributed by atoms with van der Waals surface area (Å²) in [5, 5.41) is 2.95. The largest absolute Gasteiger partial charge is 0.497 e. The molecule has 120 valence electrons. The minimum Gasteiger partial charge on any atom is -0.497 e. The van der Waals surface area contributed by atoms with E-state index in [1.807, 2.05) is 18.2 Å². The molecule has 1 aromatic carbocycles. The Hall–Kier alpha value is -2.17. The van der Waals surface area contributed by atoms with Crippen molar-refractivity contribution in [2.24, 2.45) is 5.92 Å². The van der Waals surface area contributed by atoms with Gasteiger partial charge in [0.1, 0.15) is 5.76 Å². The molecule has 1 atom stereocenters. The molecule has 0 radical (unpaired) electrons. The molecule has 0 fully saturated rings. The van der Waals surface area contributed by atoms with Crippen molar-refractivity contribution in [2.75, 3.05) is 20.8 Å². The Labute approximate surface area is 131 Å². The van der Waals surface area contributed by atoms with Crippen LogP contribution in [0, 0.1) is 5.92 Å². The Kier molecular flexibility index (Phi) is 5.31. The number of hydrogen-bond acceptors (Lipinski definition) is 4. The summed E-state index contributed by atoms with van der Waals surface area (Å²) >= 11 is 0. The van der Waals surface area contributed by atoms with Gasteiger partial charge in [-0.15, -0.1) is 0 Å². The third-order valence-electron chi connectivity index (χ3n) is 3.43. The van der Waals surface area contributed by atoms with E-state index in [-0.39, 0.29) is 11.9 Å². The summed E-state index contributed by atoms with van der Waals surface area (Å²) in [6, 6.07) is 5.53. The van der Waals surface area contributed by atoms with Gasteiger partial charge in [-0.3, -0.25) is 4.79 Å². The maximum Gasteiger partial charge on any atom is 0.247 e. The molecule has 0 saturated heterocycles. The van der Waals surface area contributed by atoms with E-state index in [4.69, 9.17) is 14.2 Å². The number of nitrogens with one attached hydrogen (secondary N) is 1. The second-order valence-corrected chi connectivity index (χ2v) is 5.70. The van der Waals surface area contributed by atoms with Crippen LogP contribution in [0.4, 0.5) is 0 Å². The van der Waals surface area contributed by atoms with Crippen LogP contribution in [0.5, 0.6) is 11.5 Å². The van der Waals surface area contributed by atoms with E-state index in [1.165, 1.54) is 6.08 Å². The Morgan fingerprint density at radius 3 is 2.59 bits per heavy atom. The van der Waals surface area contributed by atoms with Crippen molar-refractivity contribution in [3.63, 3.8) is 0 Å². The summed E-state index contributed by atoms with van der Waals surface area (Å²) in [6.45, 7) is 4.77. The van der Waals surface area contributed by atoms with Gasteiger partial charge < -0.3 is 19.5 Å². The first-order chi connectivity index (χ1) is 10.5. The summed E-state index contributed by atoms with van der Waals surface area (Å²) in [4.78, 5) is 11.9. The summed E-state index contributed by atoms with van der Waals surface area (Å²) < 4.78 is 16.3. The highest BCUT2D eigenvalue weighted by Crippen LogP contribution is 2.33. The van der Waals surface area contributed by atoms with E-state index in [1.54, 1.807) is 14.2 Å². The quantitative estimate of drug-likeness (QED) is 0.878. The predicted molar refractivity (Wildman–Crippen MR) is 83.9 cm³/mol. The van der Waals surface area contributed by atoms with Gasteiger partial charge in [-0.25, -0.2) is 0 Å². The molecule has 0 saturated carbocycles. The summed E-state index contributed by atoms with van der Waals surface area (Å²) in [5.74, 6) is 2.32. The highest BCUT2D eigenvalue weighted by Gasteiger charge is 2.23. The number of benzene rings is 1. The lowest BCUT2D eigenvalue weighted by Gasteiger charge is -2.25. The smallest absolute Gasteiger partial charge is 0.247 e. The van der Waals surface area contributed by atoms with Crippen molar-refractivity contribution in [3.8, 4) is 11.5 Å². The fourth-order valence-electron chi connectivity index (χ4n) is 2.32. The Morgan fingerprint density at radius 1 is 1.23 bits per heavy atom. The van der Waals surface area contributed by atoms with E-state index in [0.717, 1.165) is 11.3 Å². The highest BCUT2D eigenvalue weighted by atomic mass is 16.5. The van der Waals surface area contributed by atoms with Crippen molar-refractivity contribution >= 4 is 5.91 Å². The van der Waals surface area contributed by atoms with Crippen LogP contribution < -0.4 is 14.8 Å². The van der Waals surface area contributed by atoms with Gasteiger partial charge in [0.2, 0.25) is 5.91 Å². The molecule has 1 heterocycles. The summed E-state index contributed by atoms with van der Waals surface area (Å²) in [6.07, 6.45) is 2.16. The first-order valence-corrected chi connectivity index (χ1v) is 7.39. The van der Waals surface area contributed by atoms with Gasteiger partial charge in [-0.05, 0) is 23.6 Å². The van der Waals surface area contributed by atoms with Crippen molar-refractivity contribution in [1.29, 1.82) is 0 Å². The topological polar surface area (TPSA) is 56.8 Å². The summed E-state index contributed by atoms with van der Waals surface area (Å²) in [5.41, 5.74) is 0.963. The van der Waals surface area contributed by atoms with Crippen molar-refractivity contribution in [1.82, 2.24) is 5.32 Å². The number of carbonyl (C=O) groups excluding carboxylic acids is 1. The molecule has 1 amide bonds. The zero-order valence-electron chi connectivity index (χ0n) is 13.5. The Morgan fingerprint density at radius 2 is 1.95 bits per heavy atom. The van der Waals surface area contributed by atoms with E-state index >= 15 is 0 Å². The fourth-order valence-corrected chi connectivity index (χ4v) is 2.32. The van der Waals surface area contributed by atoms with Crippen LogP contribution in [0.1, 0.15) is 31.9 Å². The molecule has 5 nitrogen and oxygen atoms in total. The molecule has 1 unspecified atom stereocenters. The second-order valence-electron chi connectivity index (χ2n) is 5.70. The molecule has 1 aliphatic heterocycles. The molecule has 2 rings (SSSR count). The average Bonchev–Trinajstić information content (AvgIpc) is 2.51. The van der Waals surface area contributed by atoms with Gasteiger partial charge in [0, 0.05) is 12.5 Å². The number of hydrogen-bond donors (Lipinski definition) is 1. The van der Waals surface area contributed by atoms with Gasteiger partial charge in [-0.1, -0.05) is 19.9 Å². The molecular formula is C17H23NO4. The third kappa shape index (κ3) is 3.93. The lowest BCUT2D eigenvalue weighted by Crippen LogP contribution is -2.32. The molecule has 1 aliphatic rings. The Balaban J connectivity index is 2.16. The maximum atomic E-state index is 11.9. The first kappa shape index (κ1) is 16.2. The molecular weight excluding hydrogens is 282 g/mol. The Bertz CT molecular complexity index is 566. The second kappa shape index (κ2) is 7.20.